The molecule has 5 aromatic rings. The Labute approximate surface area is 178 Å². The first-order valence-corrected chi connectivity index (χ1v) is 10.9. The van der Waals surface area contributed by atoms with Crippen molar-refractivity contribution in [1.82, 2.24) is 0 Å². The molecular formula is C29H28N+. The molecule has 30 heavy (non-hydrogen) atoms. The predicted molar refractivity (Wildman–Crippen MR) is 129 cm³/mol. The smallest absolute Gasteiger partial charge is 0.211 e. The average Bonchev–Trinajstić information content (AvgIpc) is 2.72. The molecule has 1 heterocycles. The fourth-order valence-corrected chi connectivity index (χ4v) is 4.93. The van der Waals surface area contributed by atoms with Crippen LogP contribution in [0.4, 0.5) is 0 Å². The summed E-state index contributed by atoms with van der Waals surface area (Å²) in [6.07, 6.45) is 3.18. The third-order valence-electron chi connectivity index (χ3n) is 6.05. The minimum absolute atomic E-state index is 0.625. The molecule has 0 atom stereocenters. The lowest BCUT2D eigenvalue weighted by Gasteiger charge is -2.14. The Hall–Kier alpha value is -3.19. The van der Waals surface area contributed by atoms with Gasteiger partial charge in [-0.15, -0.1) is 0 Å². The van der Waals surface area contributed by atoms with E-state index >= 15 is 0 Å². The van der Waals surface area contributed by atoms with Crippen molar-refractivity contribution in [3.05, 3.63) is 89.6 Å². The van der Waals surface area contributed by atoms with E-state index < -0.39 is 0 Å². The zero-order valence-electron chi connectivity index (χ0n) is 18.2. The van der Waals surface area contributed by atoms with Crippen molar-refractivity contribution in [2.45, 2.75) is 34.1 Å². The molecule has 0 radical (unpaired) electrons. The summed E-state index contributed by atoms with van der Waals surface area (Å²) < 4.78 is 0. The molecule has 0 fully saturated rings. The Morgan fingerprint density at radius 1 is 0.667 bits per heavy atom. The van der Waals surface area contributed by atoms with Gasteiger partial charge >= 0.3 is 0 Å². The molecule has 4 aromatic carbocycles. The van der Waals surface area contributed by atoms with Crippen molar-refractivity contribution in [3.63, 3.8) is 0 Å². The summed E-state index contributed by atoms with van der Waals surface area (Å²) in [7, 11) is 0. The Bertz CT molecular complexity index is 1390. The van der Waals surface area contributed by atoms with Crippen LogP contribution in [0, 0.1) is 19.8 Å². The third-order valence-corrected chi connectivity index (χ3v) is 6.05. The average molecular weight is 391 g/mol. The van der Waals surface area contributed by atoms with Gasteiger partial charge in [-0.1, -0.05) is 61.4 Å². The summed E-state index contributed by atoms with van der Waals surface area (Å²) in [5.41, 5.74) is 6.48. The molecule has 0 bridgehead atoms. The lowest BCUT2D eigenvalue weighted by Crippen LogP contribution is -2.07. The SMILES string of the molecule is Cc1cc(C)cc(-c2[nH+]ccc3c2ccc2c4ccccc4c(CC(C)C)cc32)c1. The molecule has 1 heteroatoms. The van der Waals surface area contributed by atoms with Gasteiger partial charge < -0.3 is 0 Å². The Morgan fingerprint density at radius 3 is 2.03 bits per heavy atom. The Kier molecular flexibility index (Phi) is 4.55. The molecule has 1 nitrogen and oxygen atoms in total. The second-order valence-electron chi connectivity index (χ2n) is 9.03. The number of hydrogen-bond donors (Lipinski definition) is 0. The first-order valence-electron chi connectivity index (χ1n) is 10.9. The van der Waals surface area contributed by atoms with E-state index in [9.17, 15) is 0 Å². The van der Waals surface area contributed by atoms with Gasteiger partial charge in [-0.3, -0.25) is 0 Å². The van der Waals surface area contributed by atoms with Crippen molar-refractivity contribution in [2.24, 2.45) is 5.92 Å². The number of aromatic nitrogens is 1. The van der Waals surface area contributed by atoms with Crippen molar-refractivity contribution in [1.29, 1.82) is 0 Å². The lowest BCUT2D eigenvalue weighted by atomic mass is 9.90. The summed E-state index contributed by atoms with van der Waals surface area (Å²) in [4.78, 5) is 3.53. The van der Waals surface area contributed by atoms with Gasteiger partial charge in [-0.2, -0.15) is 0 Å². The van der Waals surface area contributed by atoms with Crippen LogP contribution in [0.5, 0.6) is 0 Å². The van der Waals surface area contributed by atoms with E-state index in [4.69, 9.17) is 0 Å². The van der Waals surface area contributed by atoms with Crippen LogP contribution in [0.3, 0.4) is 0 Å². The van der Waals surface area contributed by atoms with E-state index in [2.05, 4.69) is 106 Å². The van der Waals surface area contributed by atoms with Crippen molar-refractivity contribution >= 4 is 32.3 Å². The highest BCUT2D eigenvalue weighted by Gasteiger charge is 2.16. The fraction of sp³-hybridized carbons (Fsp3) is 0.207. The first-order chi connectivity index (χ1) is 14.5. The number of nitrogens with one attached hydrogen (secondary N) is 1. The summed E-state index contributed by atoms with van der Waals surface area (Å²) in [6.45, 7) is 8.94. The Balaban J connectivity index is 1.87. The third kappa shape index (κ3) is 3.15. The Morgan fingerprint density at radius 2 is 1.30 bits per heavy atom. The van der Waals surface area contributed by atoms with E-state index in [0.717, 1.165) is 6.42 Å². The normalized spacial score (nSPS) is 11.8. The van der Waals surface area contributed by atoms with E-state index in [1.165, 1.54) is 60.3 Å². The van der Waals surface area contributed by atoms with Crippen molar-refractivity contribution in [2.75, 3.05) is 0 Å². The molecule has 0 spiro atoms. The lowest BCUT2D eigenvalue weighted by molar-refractivity contribution is -0.362. The maximum absolute atomic E-state index is 3.53. The van der Waals surface area contributed by atoms with E-state index in [1.807, 2.05) is 0 Å². The molecule has 0 unspecified atom stereocenters. The van der Waals surface area contributed by atoms with E-state index in [0.29, 0.717) is 5.92 Å². The molecule has 0 saturated carbocycles. The number of H-pyrrole nitrogens is 1. The van der Waals surface area contributed by atoms with Crippen LogP contribution in [-0.2, 0) is 6.42 Å². The number of fused-ring (bicyclic) bond motifs is 5. The van der Waals surface area contributed by atoms with Crippen LogP contribution in [0.1, 0.15) is 30.5 Å². The minimum Gasteiger partial charge on any atom is -0.211 e. The zero-order valence-corrected chi connectivity index (χ0v) is 18.2. The molecule has 5 rings (SSSR count). The maximum Gasteiger partial charge on any atom is 0.218 e. The van der Waals surface area contributed by atoms with Gasteiger partial charge in [0, 0.05) is 17.0 Å². The standard InChI is InChI=1S/C29H27N/c1-18(2)13-21-17-28-25(24-8-6-5-7-23(21)24)9-10-27-26(28)11-12-30-29(27)22-15-19(3)14-20(4)16-22/h5-12,14-18H,13H2,1-4H3/p+1. The largest absolute Gasteiger partial charge is 0.218 e. The van der Waals surface area contributed by atoms with Crippen LogP contribution in [0.25, 0.3) is 43.6 Å². The van der Waals surface area contributed by atoms with Crippen LogP contribution < -0.4 is 4.98 Å². The molecule has 0 aliphatic heterocycles. The maximum atomic E-state index is 3.53. The number of hydrogen-bond acceptors (Lipinski definition) is 0. The summed E-state index contributed by atoms with van der Waals surface area (Å²) in [6, 6.07) is 24.9. The van der Waals surface area contributed by atoms with Gasteiger partial charge in [0.15, 0.2) is 6.20 Å². The molecule has 0 saturated heterocycles. The van der Waals surface area contributed by atoms with Gasteiger partial charge in [0.05, 0.1) is 5.39 Å². The van der Waals surface area contributed by atoms with Gasteiger partial charge in [0.1, 0.15) is 0 Å². The molecule has 148 valence electrons. The second kappa shape index (κ2) is 7.25. The molecule has 1 aromatic heterocycles. The van der Waals surface area contributed by atoms with Gasteiger partial charge in [0.2, 0.25) is 5.69 Å². The quantitative estimate of drug-likeness (QED) is 0.284. The summed E-state index contributed by atoms with van der Waals surface area (Å²) >= 11 is 0. The number of aryl methyl sites for hydroxylation is 2. The van der Waals surface area contributed by atoms with Crippen LogP contribution >= 0.6 is 0 Å². The van der Waals surface area contributed by atoms with Gasteiger partial charge in [-0.05, 0) is 77.6 Å². The highest BCUT2D eigenvalue weighted by molar-refractivity contribution is 6.19. The fourth-order valence-electron chi connectivity index (χ4n) is 4.93. The first kappa shape index (κ1) is 18.8. The monoisotopic (exact) mass is 390 g/mol. The van der Waals surface area contributed by atoms with Crippen LogP contribution in [0.15, 0.2) is 72.9 Å². The molecule has 0 aliphatic rings. The summed E-state index contributed by atoms with van der Waals surface area (Å²) in [5.74, 6) is 0.625. The number of pyridine rings is 1. The van der Waals surface area contributed by atoms with E-state index in [1.54, 1.807) is 0 Å². The molecular weight excluding hydrogens is 362 g/mol. The highest BCUT2D eigenvalue weighted by Crippen LogP contribution is 2.36. The highest BCUT2D eigenvalue weighted by atomic mass is 14.7. The van der Waals surface area contributed by atoms with Crippen LogP contribution in [0.2, 0.25) is 0 Å². The minimum atomic E-state index is 0.625. The molecule has 1 N–H and O–H groups in total. The summed E-state index contributed by atoms with van der Waals surface area (Å²) in [5, 5.41) is 8.02. The van der Waals surface area contributed by atoms with Gasteiger partial charge in [-0.25, -0.2) is 4.98 Å². The van der Waals surface area contributed by atoms with E-state index in [-0.39, 0.29) is 0 Å². The van der Waals surface area contributed by atoms with Crippen molar-refractivity contribution < 1.29 is 4.98 Å². The van der Waals surface area contributed by atoms with Gasteiger partial charge in [0.25, 0.3) is 0 Å². The number of aromatic amines is 1. The topological polar surface area (TPSA) is 14.1 Å². The van der Waals surface area contributed by atoms with Crippen molar-refractivity contribution in [3.8, 4) is 11.3 Å². The number of rotatable bonds is 3. The second-order valence-corrected chi connectivity index (χ2v) is 9.03. The zero-order chi connectivity index (χ0) is 20.8. The molecule has 0 amide bonds. The number of benzene rings is 4. The molecule has 0 aliphatic carbocycles. The van der Waals surface area contributed by atoms with Crippen LogP contribution in [-0.4, -0.2) is 0 Å². The predicted octanol–water partition coefficient (Wildman–Crippen LogP) is 7.44.